The number of likely N-dealkylation sites (tertiary alicyclic amines) is 1. The Balaban J connectivity index is 2.02. The summed E-state index contributed by atoms with van der Waals surface area (Å²) in [5.41, 5.74) is 0. The molecule has 0 unspecified atom stereocenters. The Morgan fingerprint density at radius 2 is 1.76 bits per heavy atom. The molecule has 5 nitrogen and oxygen atoms in total. The number of benzene rings is 1. The first kappa shape index (κ1) is 16.3. The fourth-order valence-corrected chi connectivity index (χ4v) is 3.69. The number of ether oxygens (including phenoxy) is 1. The van der Waals surface area contributed by atoms with Crippen LogP contribution in [0, 0.1) is 0 Å². The summed E-state index contributed by atoms with van der Waals surface area (Å²) in [7, 11) is -1.39. The molecule has 0 aliphatic carbocycles. The number of rotatable bonds is 5. The van der Waals surface area contributed by atoms with Crippen molar-refractivity contribution >= 4 is 10.0 Å². The van der Waals surface area contributed by atoms with E-state index in [2.05, 4.69) is 16.7 Å². The zero-order valence-electron chi connectivity index (χ0n) is 12.9. The Labute approximate surface area is 127 Å². The third-order valence-electron chi connectivity index (χ3n) is 3.55. The van der Waals surface area contributed by atoms with Crippen molar-refractivity contribution in [1.29, 1.82) is 0 Å². The summed E-state index contributed by atoms with van der Waals surface area (Å²) in [4.78, 5) is 2.50. The van der Waals surface area contributed by atoms with Crippen LogP contribution in [0.1, 0.15) is 26.7 Å². The molecule has 1 fully saturated rings. The van der Waals surface area contributed by atoms with Crippen LogP contribution >= 0.6 is 0 Å². The van der Waals surface area contributed by atoms with E-state index in [0.717, 1.165) is 25.9 Å². The molecule has 0 amide bonds. The molecule has 21 heavy (non-hydrogen) atoms. The average Bonchev–Trinajstić information content (AvgIpc) is 2.41. The fourth-order valence-electron chi connectivity index (χ4n) is 2.38. The van der Waals surface area contributed by atoms with Crippen molar-refractivity contribution in [3.63, 3.8) is 0 Å². The van der Waals surface area contributed by atoms with E-state index in [4.69, 9.17) is 4.74 Å². The quantitative estimate of drug-likeness (QED) is 0.901. The minimum atomic E-state index is -3.45. The Morgan fingerprint density at radius 3 is 2.29 bits per heavy atom. The van der Waals surface area contributed by atoms with Crippen LogP contribution in [0.4, 0.5) is 0 Å². The molecule has 6 heteroatoms. The summed E-state index contributed by atoms with van der Waals surface area (Å²) in [6.45, 7) is 5.72. The van der Waals surface area contributed by atoms with Gasteiger partial charge in [-0.3, -0.25) is 0 Å². The molecule has 1 N–H and O–H groups in total. The van der Waals surface area contributed by atoms with Gasteiger partial charge >= 0.3 is 0 Å². The van der Waals surface area contributed by atoms with Crippen LogP contribution in [-0.4, -0.2) is 45.6 Å². The van der Waals surface area contributed by atoms with Gasteiger partial charge in [-0.05, 0) is 71.1 Å². The molecule has 0 saturated carbocycles. The first-order valence-corrected chi connectivity index (χ1v) is 8.83. The predicted molar refractivity (Wildman–Crippen MR) is 83.0 cm³/mol. The SMILES string of the molecule is CC(C)Oc1ccc(S(=O)(=O)NC2CCN(C)CC2)cc1. The second-order valence-electron chi connectivity index (χ2n) is 5.84. The lowest BCUT2D eigenvalue weighted by Gasteiger charge is -2.29. The summed E-state index contributed by atoms with van der Waals surface area (Å²) in [6, 6.07) is 6.61. The predicted octanol–water partition coefficient (Wildman–Crippen LogP) is 1.85. The first-order valence-electron chi connectivity index (χ1n) is 7.34. The maximum absolute atomic E-state index is 12.3. The number of piperidine rings is 1. The third kappa shape index (κ3) is 4.69. The molecule has 1 aliphatic rings. The molecular formula is C15H24N2O3S. The highest BCUT2D eigenvalue weighted by Crippen LogP contribution is 2.18. The Morgan fingerprint density at radius 1 is 1.19 bits per heavy atom. The summed E-state index contributed by atoms with van der Waals surface area (Å²) < 4.78 is 33.0. The Bertz CT molecular complexity index is 547. The van der Waals surface area contributed by atoms with Crippen molar-refractivity contribution in [1.82, 2.24) is 9.62 Å². The minimum Gasteiger partial charge on any atom is -0.491 e. The topological polar surface area (TPSA) is 58.6 Å². The molecule has 118 valence electrons. The van der Waals surface area contributed by atoms with E-state index < -0.39 is 10.0 Å². The maximum atomic E-state index is 12.3. The van der Waals surface area contributed by atoms with Gasteiger partial charge in [0.1, 0.15) is 5.75 Å². The minimum absolute atomic E-state index is 0.0257. The monoisotopic (exact) mass is 312 g/mol. The van der Waals surface area contributed by atoms with Gasteiger partial charge in [0.15, 0.2) is 0 Å². The molecule has 0 radical (unpaired) electrons. The standard InChI is InChI=1S/C15H24N2O3S/c1-12(2)20-14-4-6-15(7-5-14)21(18,19)16-13-8-10-17(3)11-9-13/h4-7,12-13,16H,8-11H2,1-3H3. The number of hydrogen-bond acceptors (Lipinski definition) is 4. The van der Waals surface area contributed by atoms with Crippen molar-refractivity contribution in [3.05, 3.63) is 24.3 Å². The lowest BCUT2D eigenvalue weighted by atomic mass is 10.1. The van der Waals surface area contributed by atoms with Gasteiger partial charge in [-0.25, -0.2) is 13.1 Å². The van der Waals surface area contributed by atoms with Crippen molar-refractivity contribution in [2.45, 2.75) is 43.7 Å². The van der Waals surface area contributed by atoms with Crippen molar-refractivity contribution in [2.75, 3.05) is 20.1 Å². The maximum Gasteiger partial charge on any atom is 0.240 e. The van der Waals surface area contributed by atoms with Crippen LogP contribution in [0.2, 0.25) is 0 Å². The molecule has 1 aliphatic heterocycles. The molecule has 1 saturated heterocycles. The highest BCUT2D eigenvalue weighted by molar-refractivity contribution is 7.89. The van der Waals surface area contributed by atoms with E-state index in [1.165, 1.54) is 0 Å². The lowest BCUT2D eigenvalue weighted by molar-refractivity contribution is 0.242. The fraction of sp³-hybridized carbons (Fsp3) is 0.600. The van der Waals surface area contributed by atoms with Crippen molar-refractivity contribution in [3.8, 4) is 5.75 Å². The van der Waals surface area contributed by atoms with Gasteiger partial charge in [-0.1, -0.05) is 0 Å². The van der Waals surface area contributed by atoms with Crippen molar-refractivity contribution < 1.29 is 13.2 Å². The van der Waals surface area contributed by atoms with Crippen LogP contribution in [0.3, 0.4) is 0 Å². The van der Waals surface area contributed by atoms with E-state index in [0.29, 0.717) is 5.75 Å². The second kappa shape index (κ2) is 6.77. The number of nitrogens with one attached hydrogen (secondary N) is 1. The van der Waals surface area contributed by atoms with Crippen LogP contribution in [0.5, 0.6) is 5.75 Å². The summed E-state index contributed by atoms with van der Waals surface area (Å²) in [6.07, 6.45) is 1.78. The lowest BCUT2D eigenvalue weighted by Crippen LogP contribution is -2.43. The molecule has 0 bridgehead atoms. The van der Waals surface area contributed by atoms with E-state index in [9.17, 15) is 8.42 Å². The highest BCUT2D eigenvalue weighted by atomic mass is 32.2. The number of sulfonamides is 1. The molecule has 1 aromatic rings. The molecular weight excluding hydrogens is 288 g/mol. The van der Waals surface area contributed by atoms with Gasteiger partial charge < -0.3 is 9.64 Å². The summed E-state index contributed by atoms with van der Waals surface area (Å²) >= 11 is 0. The van der Waals surface area contributed by atoms with Gasteiger partial charge in [0, 0.05) is 6.04 Å². The molecule has 0 aromatic heterocycles. The summed E-state index contributed by atoms with van der Waals surface area (Å²) in [5, 5.41) is 0. The van der Waals surface area contributed by atoms with Crippen LogP contribution < -0.4 is 9.46 Å². The van der Waals surface area contributed by atoms with E-state index >= 15 is 0 Å². The van der Waals surface area contributed by atoms with Gasteiger partial charge in [-0.2, -0.15) is 0 Å². The number of nitrogens with zero attached hydrogens (tertiary/aromatic N) is 1. The van der Waals surface area contributed by atoms with E-state index in [1.54, 1.807) is 24.3 Å². The van der Waals surface area contributed by atoms with Gasteiger partial charge in [0.05, 0.1) is 11.0 Å². The number of hydrogen-bond donors (Lipinski definition) is 1. The summed E-state index contributed by atoms with van der Waals surface area (Å²) in [5.74, 6) is 0.684. The van der Waals surface area contributed by atoms with Crippen LogP contribution in [-0.2, 0) is 10.0 Å². The van der Waals surface area contributed by atoms with Crippen molar-refractivity contribution in [2.24, 2.45) is 0 Å². The zero-order valence-corrected chi connectivity index (χ0v) is 13.7. The highest BCUT2D eigenvalue weighted by Gasteiger charge is 2.23. The van der Waals surface area contributed by atoms with Gasteiger partial charge in [-0.15, -0.1) is 0 Å². The van der Waals surface area contributed by atoms with Gasteiger partial charge in [0.25, 0.3) is 0 Å². The van der Waals surface area contributed by atoms with Crippen LogP contribution in [0.25, 0.3) is 0 Å². The first-order chi connectivity index (χ1) is 9.87. The molecule has 1 aromatic carbocycles. The Kier molecular flexibility index (Phi) is 5.24. The second-order valence-corrected chi connectivity index (χ2v) is 7.55. The van der Waals surface area contributed by atoms with E-state index in [1.807, 2.05) is 13.8 Å². The van der Waals surface area contributed by atoms with Gasteiger partial charge in [0.2, 0.25) is 10.0 Å². The Hall–Kier alpha value is -1.11. The molecule has 0 atom stereocenters. The molecule has 0 spiro atoms. The van der Waals surface area contributed by atoms with E-state index in [-0.39, 0.29) is 17.0 Å². The third-order valence-corrected chi connectivity index (χ3v) is 5.08. The normalized spacial score (nSPS) is 18.1. The molecule has 2 rings (SSSR count). The largest absolute Gasteiger partial charge is 0.491 e. The smallest absolute Gasteiger partial charge is 0.240 e. The zero-order chi connectivity index (χ0) is 15.5. The van der Waals surface area contributed by atoms with Crippen LogP contribution in [0.15, 0.2) is 29.2 Å². The average molecular weight is 312 g/mol. The molecule has 1 heterocycles.